The highest BCUT2D eigenvalue weighted by Gasteiger charge is 2.26. The van der Waals surface area contributed by atoms with Gasteiger partial charge in [-0.3, -0.25) is 4.79 Å². The molecule has 1 N–H and O–H groups in total. The fourth-order valence-corrected chi connectivity index (χ4v) is 1.67. The van der Waals surface area contributed by atoms with Crippen molar-refractivity contribution in [1.29, 1.82) is 0 Å². The van der Waals surface area contributed by atoms with Crippen molar-refractivity contribution in [3.05, 3.63) is 34.1 Å². The Morgan fingerprint density at radius 3 is 2.53 bits per heavy atom. The normalized spacial score (nSPS) is 13.3. The minimum atomic E-state index is -0.558. The summed E-state index contributed by atoms with van der Waals surface area (Å²) in [6, 6.07) is 4.05. The van der Waals surface area contributed by atoms with Crippen LogP contribution in [0.25, 0.3) is 0 Å². The molecule has 1 amide bonds. The summed E-state index contributed by atoms with van der Waals surface area (Å²) < 4.78 is 13.7. The van der Waals surface area contributed by atoms with E-state index in [0.717, 1.165) is 0 Å². The Morgan fingerprint density at radius 1 is 1.47 bits per heavy atom. The highest BCUT2D eigenvalue weighted by molar-refractivity contribution is 9.10. The Bertz CT molecular complexity index is 414. The van der Waals surface area contributed by atoms with Gasteiger partial charge in [0, 0.05) is 10.0 Å². The Balaban J connectivity index is 2.91. The molecule has 1 aromatic carbocycles. The summed E-state index contributed by atoms with van der Waals surface area (Å²) in [5.74, 6) is -0.802. The molecule has 94 valence electrons. The predicted octanol–water partition coefficient (Wildman–Crippen LogP) is 3.72. The van der Waals surface area contributed by atoms with Crippen LogP contribution in [-0.4, -0.2) is 16.8 Å². The zero-order chi connectivity index (χ0) is 13.2. The van der Waals surface area contributed by atoms with Gasteiger partial charge in [0.25, 0.3) is 5.91 Å². The summed E-state index contributed by atoms with van der Waals surface area (Å²) in [6.07, 6.45) is 0. The third-order valence-corrected chi connectivity index (χ3v) is 3.56. The molecule has 1 rings (SSSR count). The zero-order valence-electron chi connectivity index (χ0n) is 9.85. The van der Waals surface area contributed by atoms with Crippen molar-refractivity contribution in [2.24, 2.45) is 0 Å². The van der Waals surface area contributed by atoms with Gasteiger partial charge in [0.1, 0.15) is 5.82 Å². The molecule has 0 aliphatic rings. The lowest BCUT2D eigenvalue weighted by molar-refractivity contribution is 0.0912. The van der Waals surface area contributed by atoms with Crippen molar-refractivity contribution in [2.75, 3.05) is 0 Å². The van der Waals surface area contributed by atoms with Gasteiger partial charge >= 0.3 is 0 Å². The summed E-state index contributed by atoms with van der Waals surface area (Å²) in [7, 11) is 0. The first-order valence-corrected chi connectivity index (χ1v) is 6.38. The molecule has 17 heavy (non-hydrogen) atoms. The second-order valence-corrected chi connectivity index (χ2v) is 6.02. The van der Waals surface area contributed by atoms with Crippen molar-refractivity contribution in [3.8, 4) is 0 Å². The average molecular weight is 323 g/mol. The predicted molar refractivity (Wildman–Crippen MR) is 71.0 cm³/mol. The van der Waals surface area contributed by atoms with Crippen molar-refractivity contribution >= 4 is 33.4 Å². The van der Waals surface area contributed by atoms with Gasteiger partial charge in [-0.1, -0.05) is 15.9 Å². The molecule has 0 aliphatic carbocycles. The second kappa shape index (κ2) is 5.36. The van der Waals surface area contributed by atoms with E-state index in [1.165, 1.54) is 12.1 Å². The van der Waals surface area contributed by atoms with Crippen LogP contribution < -0.4 is 5.32 Å². The van der Waals surface area contributed by atoms with E-state index in [4.69, 9.17) is 11.6 Å². The van der Waals surface area contributed by atoms with Crippen LogP contribution in [0.1, 0.15) is 31.1 Å². The molecule has 5 heteroatoms. The van der Waals surface area contributed by atoms with Crippen LogP contribution in [0.3, 0.4) is 0 Å². The molecule has 0 aromatic heterocycles. The van der Waals surface area contributed by atoms with Gasteiger partial charge < -0.3 is 5.32 Å². The van der Waals surface area contributed by atoms with E-state index in [2.05, 4.69) is 21.2 Å². The highest BCUT2D eigenvalue weighted by Crippen LogP contribution is 2.18. The lowest BCUT2D eigenvalue weighted by Gasteiger charge is -2.29. The molecule has 0 saturated carbocycles. The van der Waals surface area contributed by atoms with Gasteiger partial charge in [-0.15, -0.1) is 11.6 Å². The largest absolute Gasteiger partial charge is 0.346 e. The molecule has 0 heterocycles. The van der Waals surface area contributed by atoms with Crippen LogP contribution in [0, 0.1) is 5.82 Å². The van der Waals surface area contributed by atoms with Crippen molar-refractivity contribution in [3.63, 3.8) is 0 Å². The topological polar surface area (TPSA) is 29.1 Å². The van der Waals surface area contributed by atoms with Crippen LogP contribution >= 0.6 is 27.5 Å². The number of carbonyl (C=O) groups is 1. The highest BCUT2D eigenvalue weighted by atomic mass is 79.9. The fraction of sp³-hybridized carbons (Fsp3) is 0.417. The smallest absolute Gasteiger partial charge is 0.251 e. The number of amides is 1. The maximum atomic E-state index is 13.1. The quantitative estimate of drug-likeness (QED) is 0.844. The first kappa shape index (κ1) is 14.5. The van der Waals surface area contributed by atoms with Crippen LogP contribution in [0.2, 0.25) is 0 Å². The minimum Gasteiger partial charge on any atom is -0.346 e. The van der Waals surface area contributed by atoms with E-state index in [0.29, 0.717) is 4.47 Å². The van der Waals surface area contributed by atoms with Crippen molar-refractivity contribution in [2.45, 2.75) is 31.7 Å². The van der Waals surface area contributed by atoms with E-state index < -0.39 is 11.4 Å². The number of alkyl halides is 1. The van der Waals surface area contributed by atoms with Crippen LogP contribution in [0.15, 0.2) is 22.7 Å². The monoisotopic (exact) mass is 321 g/mol. The summed E-state index contributed by atoms with van der Waals surface area (Å²) in [4.78, 5) is 11.9. The maximum absolute atomic E-state index is 13.1. The number of carbonyl (C=O) groups excluding carboxylic acids is 1. The first-order chi connectivity index (χ1) is 7.72. The summed E-state index contributed by atoms with van der Waals surface area (Å²) in [6.45, 7) is 5.43. The molecule has 0 spiro atoms. The van der Waals surface area contributed by atoms with Gasteiger partial charge in [-0.25, -0.2) is 4.39 Å². The number of nitrogens with one attached hydrogen (secondary N) is 1. The van der Waals surface area contributed by atoms with Gasteiger partial charge in [0.15, 0.2) is 0 Å². The lowest BCUT2D eigenvalue weighted by atomic mass is 10.0. The maximum Gasteiger partial charge on any atom is 0.251 e. The van der Waals surface area contributed by atoms with E-state index in [1.807, 2.05) is 13.8 Å². The SMILES string of the molecule is CC(Cl)C(C)(C)NC(=O)c1cc(F)cc(Br)c1. The Hall–Kier alpha value is -0.610. The van der Waals surface area contributed by atoms with Gasteiger partial charge in [0.2, 0.25) is 0 Å². The molecule has 0 saturated heterocycles. The number of rotatable bonds is 3. The number of hydrogen-bond donors (Lipinski definition) is 1. The van der Waals surface area contributed by atoms with Gasteiger partial charge in [0.05, 0.1) is 10.9 Å². The summed E-state index contributed by atoms with van der Waals surface area (Å²) >= 11 is 9.11. The number of hydrogen-bond acceptors (Lipinski definition) is 1. The minimum absolute atomic E-state index is 0.233. The molecule has 1 unspecified atom stereocenters. The molecule has 0 fully saturated rings. The molecule has 1 aromatic rings. The van der Waals surface area contributed by atoms with Crippen LogP contribution in [-0.2, 0) is 0 Å². The summed E-state index contributed by atoms with van der Waals surface area (Å²) in [5.41, 5.74) is -0.292. The molecule has 0 aliphatic heterocycles. The second-order valence-electron chi connectivity index (χ2n) is 4.45. The fourth-order valence-electron chi connectivity index (χ4n) is 1.15. The molecule has 0 radical (unpaired) electrons. The summed E-state index contributed by atoms with van der Waals surface area (Å²) in [5, 5.41) is 2.54. The lowest BCUT2D eigenvalue weighted by Crippen LogP contribution is -2.49. The molecule has 1 atom stereocenters. The van der Waals surface area contributed by atoms with Crippen molar-refractivity contribution in [1.82, 2.24) is 5.32 Å². The third-order valence-electron chi connectivity index (χ3n) is 2.55. The van der Waals surface area contributed by atoms with E-state index in [-0.39, 0.29) is 16.8 Å². The Labute approximate surface area is 114 Å². The molecule has 2 nitrogen and oxygen atoms in total. The number of halogens is 3. The van der Waals surface area contributed by atoms with E-state index in [9.17, 15) is 9.18 Å². The van der Waals surface area contributed by atoms with E-state index >= 15 is 0 Å². The molecule has 0 bridgehead atoms. The Kier molecular flexibility index (Phi) is 4.55. The Morgan fingerprint density at radius 2 is 2.06 bits per heavy atom. The van der Waals surface area contributed by atoms with Crippen LogP contribution in [0.5, 0.6) is 0 Å². The van der Waals surface area contributed by atoms with Crippen LogP contribution in [0.4, 0.5) is 4.39 Å². The van der Waals surface area contributed by atoms with Gasteiger partial charge in [-0.2, -0.15) is 0 Å². The first-order valence-electron chi connectivity index (χ1n) is 5.15. The number of benzene rings is 1. The van der Waals surface area contributed by atoms with E-state index in [1.54, 1.807) is 13.0 Å². The third kappa shape index (κ3) is 3.96. The van der Waals surface area contributed by atoms with Crippen molar-refractivity contribution < 1.29 is 9.18 Å². The standard InChI is InChI=1S/C12H14BrClFNO/c1-7(14)12(2,3)16-11(17)8-4-9(13)6-10(15)5-8/h4-7H,1-3H3,(H,16,17). The van der Waals surface area contributed by atoms with Gasteiger partial charge in [-0.05, 0) is 39.0 Å². The zero-order valence-corrected chi connectivity index (χ0v) is 12.2. The average Bonchev–Trinajstić information content (AvgIpc) is 2.15. The molecular weight excluding hydrogens is 308 g/mol. The molecular formula is C12H14BrClFNO.